The Balaban J connectivity index is 2.48. The predicted octanol–water partition coefficient (Wildman–Crippen LogP) is 2.12. The molecule has 0 saturated carbocycles. The van der Waals surface area contributed by atoms with Crippen LogP contribution in [0, 0.1) is 0 Å². The van der Waals surface area contributed by atoms with Crippen molar-refractivity contribution in [2.75, 3.05) is 12.8 Å². The van der Waals surface area contributed by atoms with Crippen LogP contribution in [-0.4, -0.2) is 16.9 Å². The average Bonchev–Trinajstić information content (AvgIpc) is 2.61. The van der Waals surface area contributed by atoms with Gasteiger partial charge in [0.2, 0.25) is 5.88 Å². The molecule has 1 heterocycles. The number of benzene rings is 1. The Bertz CT molecular complexity index is 464. The van der Waals surface area contributed by atoms with Gasteiger partial charge >= 0.3 is 0 Å². The summed E-state index contributed by atoms with van der Waals surface area (Å²) in [5, 5.41) is 4.79. The van der Waals surface area contributed by atoms with E-state index in [1.54, 1.807) is 30.0 Å². The van der Waals surface area contributed by atoms with E-state index in [0.717, 1.165) is 5.69 Å². The summed E-state index contributed by atoms with van der Waals surface area (Å²) in [7, 11) is 1.57. The van der Waals surface area contributed by atoms with Crippen LogP contribution in [0.1, 0.15) is 0 Å². The highest BCUT2D eigenvalue weighted by atomic mass is 35.5. The van der Waals surface area contributed by atoms with Crippen LogP contribution in [0.15, 0.2) is 30.3 Å². The normalized spacial score (nSPS) is 10.3. The molecule has 0 spiro atoms. The van der Waals surface area contributed by atoms with Gasteiger partial charge in [-0.1, -0.05) is 11.6 Å². The zero-order valence-electron chi connectivity index (χ0n) is 8.14. The van der Waals surface area contributed by atoms with Crippen molar-refractivity contribution in [1.29, 1.82) is 0 Å². The van der Waals surface area contributed by atoms with Crippen molar-refractivity contribution in [1.82, 2.24) is 9.78 Å². The van der Waals surface area contributed by atoms with Gasteiger partial charge in [-0.25, -0.2) is 0 Å². The lowest BCUT2D eigenvalue weighted by Crippen LogP contribution is -1.99. The molecule has 1 aromatic carbocycles. The zero-order valence-corrected chi connectivity index (χ0v) is 8.90. The van der Waals surface area contributed by atoms with Crippen molar-refractivity contribution < 1.29 is 4.74 Å². The molecule has 78 valence electrons. The van der Waals surface area contributed by atoms with Gasteiger partial charge in [-0.2, -0.15) is 4.68 Å². The number of aromatic nitrogens is 2. The molecule has 0 aliphatic carbocycles. The number of nitrogen functional groups attached to an aromatic ring is 1. The van der Waals surface area contributed by atoms with Gasteiger partial charge in [-0.15, -0.1) is 5.10 Å². The molecule has 0 saturated heterocycles. The van der Waals surface area contributed by atoms with E-state index in [1.807, 2.05) is 12.1 Å². The summed E-state index contributed by atoms with van der Waals surface area (Å²) in [6.45, 7) is 0. The lowest BCUT2D eigenvalue weighted by atomic mass is 10.3. The monoisotopic (exact) mass is 223 g/mol. The van der Waals surface area contributed by atoms with Crippen LogP contribution in [0.2, 0.25) is 5.02 Å². The summed E-state index contributed by atoms with van der Waals surface area (Å²) in [5.74, 6) is 1.01. The molecule has 0 aliphatic heterocycles. The fourth-order valence-corrected chi connectivity index (χ4v) is 1.42. The zero-order chi connectivity index (χ0) is 10.8. The molecule has 4 nitrogen and oxygen atoms in total. The summed E-state index contributed by atoms with van der Waals surface area (Å²) in [6, 6.07) is 8.92. The number of nitrogens with two attached hydrogens (primary N) is 1. The molecule has 2 aromatic rings. The van der Waals surface area contributed by atoms with E-state index in [4.69, 9.17) is 22.1 Å². The Morgan fingerprint density at radius 1 is 1.33 bits per heavy atom. The van der Waals surface area contributed by atoms with Gasteiger partial charge in [0.1, 0.15) is 5.82 Å². The molecule has 0 aliphatic rings. The molecule has 0 radical (unpaired) electrons. The van der Waals surface area contributed by atoms with Gasteiger partial charge < -0.3 is 10.5 Å². The third kappa shape index (κ3) is 1.89. The van der Waals surface area contributed by atoms with Crippen molar-refractivity contribution >= 4 is 17.4 Å². The van der Waals surface area contributed by atoms with Crippen LogP contribution < -0.4 is 10.5 Å². The minimum Gasteiger partial charge on any atom is -0.481 e. The Kier molecular flexibility index (Phi) is 2.51. The number of hydrogen-bond acceptors (Lipinski definition) is 3. The van der Waals surface area contributed by atoms with Crippen LogP contribution >= 0.6 is 11.6 Å². The van der Waals surface area contributed by atoms with Gasteiger partial charge in [-0.3, -0.25) is 0 Å². The third-order valence-electron chi connectivity index (χ3n) is 1.98. The number of nitrogens with zero attached hydrogens (tertiary/aromatic N) is 2. The maximum absolute atomic E-state index is 5.79. The number of anilines is 1. The lowest BCUT2D eigenvalue weighted by molar-refractivity contribution is 0.383. The van der Waals surface area contributed by atoms with Crippen molar-refractivity contribution in [3.05, 3.63) is 35.4 Å². The van der Waals surface area contributed by atoms with Crippen LogP contribution in [0.3, 0.4) is 0 Å². The standard InChI is InChI=1S/C10H10ClN3O/c1-15-10-6-9(12)13-14(10)8-4-2-7(11)3-5-8/h2-6H,1H3,(H2,12,13). The van der Waals surface area contributed by atoms with Gasteiger partial charge in [0.15, 0.2) is 0 Å². The van der Waals surface area contributed by atoms with E-state index < -0.39 is 0 Å². The number of halogens is 1. The van der Waals surface area contributed by atoms with E-state index in [-0.39, 0.29) is 0 Å². The lowest BCUT2D eigenvalue weighted by Gasteiger charge is -2.05. The predicted molar refractivity (Wildman–Crippen MR) is 59.5 cm³/mol. The molecule has 5 heteroatoms. The molecule has 0 fully saturated rings. The smallest absolute Gasteiger partial charge is 0.218 e. The van der Waals surface area contributed by atoms with Crippen molar-refractivity contribution in [3.8, 4) is 11.6 Å². The minimum atomic E-state index is 0.418. The maximum atomic E-state index is 5.79. The van der Waals surface area contributed by atoms with Crippen molar-refractivity contribution in [2.45, 2.75) is 0 Å². The maximum Gasteiger partial charge on any atom is 0.218 e. The summed E-state index contributed by atoms with van der Waals surface area (Å²) < 4.78 is 6.76. The highest BCUT2D eigenvalue weighted by Crippen LogP contribution is 2.21. The minimum absolute atomic E-state index is 0.418. The van der Waals surface area contributed by atoms with E-state index in [1.165, 1.54) is 0 Å². The van der Waals surface area contributed by atoms with Gasteiger partial charge in [0.25, 0.3) is 0 Å². The van der Waals surface area contributed by atoms with Crippen LogP contribution in [0.25, 0.3) is 5.69 Å². The number of hydrogen-bond donors (Lipinski definition) is 1. The van der Waals surface area contributed by atoms with Crippen LogP contribution in [0.4, 0.5) is 5.82 Å². The van der Waals surface area contributed by atoms with E-state index in [9.17, 15) is 0 Å². The number of methoxy groups -OCH3 is 1. The number of rotatable bonds is 2. The van der Waals surface area contributed by atoms with Crippen LogP contribution in [0.5, 0.6) is 5.88 Å². The first-order valence-electron chi connectivity index (χ1n) is 4.36. The van der Waals surface area contributed by atoms with E-state index >= 15 is 0 Å². The molecule has 0 bridgehead atoms. The van der Waals surface area contributed by atoms with Gasteiger partial charge in [0.05, 0.1) is 12.8 Å². The molecule has 0 unspecified atom stereocenters. The second-order valence-corrected chi connectivity index (χ2v) is 3.44. The quantitative estimate of drug-likeness (QED) is 0.849. The second-order valence-electron chi connectivity index (χ2n) is 3.00. The molecule has 2 N–H and O–H groups in total. The van der Waals surface area contributed by atoms with Crippen molar-refractivity contribution in [2.24, 2.45) is 0 Å². The first-order valence-corrected chi connectivity index (χ1v) is 4.74. The Labute approximate surface area is 92.2 Å². The van der Waals surface area contributed by atoms with Gasteiger partial charge in [-0.05, 0) is 24.3 Å². The fraction of sp³-hybridized carbons (Fsp3) is 0.100. The van der Waals surface area contributed by atoms with Gasteiger partial charge in [0, 0.05) is 11.1 Å². The molecular formula is C10H10ClN3O. The summed E-state index contributed by atoms with van der Waals surface area (Å²) >= 11 is 5.79. The molecule has 2 rings (SSSR count). The summed E-state index contributed by atoms with van der Waals surface area (Å²) in [5.41, 5.74) is 6.44. The highest BCUT2D eigenvalue weighted by Gasteiger charge is 2.07. The highest BCUT2D eigenvalue weighted by molar-refractivity contribution is 6.30. The second kappa shape index (κ2) is 3.82. The molecule has 1 aromatic heterocycles. The summed E-state index contributed by atoms with van der Waals surface area (Å²) in [4.78, 5) is 0. The Hall–Kier alpha value is -1.68. The molecular weight excluding hydrogens is 214 g/mol. The molecule has 0 atom stereocenters. The topological polar surface area (TPSA) is 53.1 Å². The summed E-state index contributed by atoms with van der Waals surface area (Å²) in [6.07, 6.45) is 0. The Morgan fingerprint density at radius 2 is 2.00 bits per heavy atom. The molecule has 15 heavy (non-hydrogen) atoms. The Morgan fingerprint density at radius 3 is 2.60 bits per heavy atom. The van der Waals surface area contributed by atoms with E-state index in [0.29, 0.717) is 16.7 Å². The third-order valence-corrected chi connectivity index (χ3v) is 2.23. The first kappa shape index (κ1) is 9.86. The SMILES string of the molecule is COc1cc(N)nn1-c1ccc(Cl)cc1. The van der Waals surface area contributed by atoms with E-state index in [2.05, 4.69) is 5.10 Å². The molecule has 0 amide bonds. The fourth-order valence-electron chi connectivity index (χ4n) is 1.29. The largest absolute Gasteiger partial charge is 0.481 e. The number of ether oxygens (including phenoxy) is 1. The van der Waals surface area contributed by atoms with Crippen molar-refractivity contribution in [3.63, 3.8) is 0 Å². The van der Waals surface area contributed by atoms with Crippen LogP contribution in [-0.2, 0) is 0 Å². The first-order chi connectivity index (χ1) is 7.20. The average molecular weight is 224 g/mol.